The van der Waals surface area contributed by atoms with E-state index in [9.17, 15) is 0 Å². The molecule has 0 aromatic heterocycles. The molecular weight excluding hydrogens is 421 g/mol. The average Bonchev–Trinajstić information content (AvgIpc) is 2.92. The van der Waals surface area contributed by atoms with E-state index in [1.165, 1.54) is 33.4 Å². The Hall–Kier alpha value is -1.12. The van der Waals surface area contributed by atoms with E-state index < -0.39 is 0 Å². The van der Waals surface area contributed by atoms with Crippen LogP contribution in [-0.2, 0) is 21.7 Å². The summed E-state index contributed by atoms with van der Waals surface area (Å²) in [5, 5.41) is 0. The summed E-state index contributed by atoms with van der Waals surface area (Å²) in [6.45, 7) is 12.5. The van der Waals surface area contributed by atoms with Crippen molar-refractivity contribution >= 4 is 36.1 Å². The van der Waals surface area contributed by atoms with E-state index in [4.69, 9.17) is 5.73 Å². The largest absolute Gasteiger partial charge is 2.00 e. The first-order valence-corrected chi connectivity index (χ1v) is 8.90. The van der Waals surface area contributed by atoms with Crippen LogP contribution < -0.4 is 0 Å². The van der Waals surface area contributed by atoms with E-state index in [1.807, 2.05) is 26.0 Å². The zero-order chi connectivity index (χ0) is 18.6. The number of hydrogen-bond donors (Lipinski definition) is 0. The van der Waals surface area contributed by atoms with Gasteiger partial charge in [0.25, 0.3) is 0 Å². The summed E-state index contributed by atoms with van der Waals surface area (Å²) in [5.41, 5.74) is 18.7. The molecule has 0 radical (unpaired) electrons. The Labute approximate surface area is 198 Å². The number of halogens is 2. The molecule has 2 aromatic rings. The molecule has 0 amide bonds. The third-order valence-electron chi connectivity index (χ3n) is 4.93. The fourth-order valence-electron chi connectivity index (χ4n) is 3.31. The summed E-state index contributed by atoms with van der Waals surface area (Å²) < 4.78 is 0. The summed E-state index contributed by atoms with van der Waals surface area (Å²) >= 11 is 0. The van der Waals surface area contributed by atoms with E-state index in [-0.39, 0.29) is 46.5 Å². The summed E-state index contributed by atoms with van der Waals surface area (Å²) in [7, 11) is 0. The first-order chi connectivity index (χ1) is 11.8. The Morgan fingerprint density at radius 1 is 0.893 bits per heavy atom. The molecule has 0 atom stereocenters. The third-order valence-corrected chi connectivity index (χ3v) is 4.93. The van der Waals surface area contributed by atoms with Crippen LogP contribution in [0.1, 0.15) is 55.0 Å². The average molecular weight is 452 g/mol. The van der Waals surface area contributed by atoms with Crippen LogP contribution >= 0.6 is 24.8 Å². The van der Waals surface area contributed by atoms with Crippen LogP contribution in [0.3, 0.4) is 0 Å². The first kappa shape index (κ1) is 29.1. The van der Waals surface area contributed by atoms with Crippen molar-refractivity contribution in [2.75, 3.05) is 0 Å². The van der Waals surface area contributed by atoms with Gasteiger partial charge in [0.1, 0.15) is 0 Å². The molecule has 28 heavy (non-hydrogen) atoms. The predicted molar refractivity (Wildman–Crippen MR) is 126 cm³/mol. The zero-order valence-electron chi connectivity index (χ0n) is 17.6. The summed E-state index contributed by atoms with van der Waals surface area (Å²) in [4.78, 5) is 0. The molecular formula is C24H31Cl2NTi. The van der Waals surface area contributed by atoms with Crippen molar-refractivity contribution in [2.24, 2.45) is 0 Å². The van der Waals surface area contributed by atoms with Gasteiger partial charge in [0.05, 0.1) is 0 Å². The number of benzene rings is 2. The van der Waals surface area contributed by atoms with Gasteiger partial charge in [-0.3, -0.25) is 0 Å². The molecule has 0 unspecified atom stereocenters. The summed E-state index contributed by atoms with van der Waals surface area (Å²) in [5.74, 6) is 0. The van der Waals surface area contributed by atoms with Crippen molar-refractivity contribution in [1.82, 2.24) is 0 Å². The zero-order valence-corrected chi connectivity index (χ0v) is 20.8. The van der Waals surface area contributed by atoms with E-state index in [1.54, 1.807) is 0 Å². The van der Waals surface area contributed by atoms with Gasteiger partial charge in [0, 0.05) is 0 Å². The number of allylic oxidation sites excluding steroid dienone is 4. The predicted octanol–water partition coefficient (Wildman–Crippen LogP) is 8.52. The molecule has 1 aliphatic rings. The monoisotopic (exact) mass is 451 g/mol. The van der Waals surface area contributed by atoms with Crippen LogP contribution in [0.4, 0.5) is 5.69 Å². The Morgan fingerprint density at radius 2 is 1.43 bits per heavy atom. The van der Waals surface area contributed by atoms with Crippen molar-refractivity contribution in [2.45, 2.75) is 48.0 Å². The van der Waals surface area contributed by atoms with Gasteiger partial charge < -0.3 is 5.73 Å². The minimum absolute atomic E-state index is 0. The molecule has 3 rings (SSSR count). The second-order valence-corrected chi connectivity index (χ2v) is 6.84. The van der Waals surface area contributed by atoms with E-state index >= 15 is 0 Å². The van der Waals surface area contributed by atoms with Gasteiger partial charge in [-0.15, -0.1) is 48.2 Å². The molecule has 150 valence electrons. The molecule has 1 nitrogen and oxygen atoms in total. The van der Waals surface area contributed by atoms with Crippen molar-refractivity contribution in [1.29, 1.82) is 0 Å². The topological polar surface area (TPSA) is 23.8 Å². The Morgan fingerprint density at radius 3 is 1.89 bits per heavy atom. The van der Waals surface area contributed by atoms with Gasteiger partial charge in [-0.05, 0) is 41.0 Å². The number of rotatable bonds is 2. The van der Waals surface area contributed by atoms with Gasteiger partial charge in [-0.1, -0.05) is 64.6 Å². The molecule has 0 spiro atoms. The number of hydrogen-bond acceptors (Lipinski definition) is 0. The van der Waals surface area contributed by atoms with Crippen LogP contribution in [0.2, 0.25) is 0 Å². The van der Waals surface area contributed by atoms with Gasteiger partial charge in [0.2, 0.25) is 0 Å². The van der Waals surface area contributed by atoms with E-state index in [0.717, 1.165) is 17.5 Å². The van der Waals surface area contributed by atoms with Crippen molar-refractivity contribution < 1.29 is 21.7 Å². The fraction of sp³-hybridized carbons (Fsp3) is 0.292. The molecule has 0 aliphatic heterocycles. The molecule has 2 aromatic carbocycles. The number of nitrogens with one attached hydrogen (secondary N) is 1. The molecule has 1 aliphatic carbocycles. The minimum atomic E-state index is 0. The molecule has 1 N–H and O–H groups in total. The quantitative estimate of drug-likeness (QED) is 0.322. The van der Waals surface area contributed by atoms with Crippen LogP contribution in [0.25, 0.3) is 11.3 Å². The Kier molecular flexibility index (Phi) is 13.7. The van der Waals surface area contributed by atoms with Gasteiger partial charge >= 0.3 is 21.7 Å². The van der Waals surface area contributed by atoms with Crippen LogP contribution in [0.5, 0.6) is 0 Å². The maximum atomic E-state index is 7.54. The van der Waals surface area contributed by atoms with Crippen molar-refractivity contribution in [3.8, 4) is 0 Å². The summed E-state index contributed by atoms with van der Waals surface area (Å²) in [6.07, 6.45) is 5.59. The second kappa shape index (κ2) is 13.2. The fourth-order valence-corrected chi connectivity index (χ4v) is 3.31. The molecule has 0 heterocycles. The van der Waals surface area contributed by atoms with E-state index in [0.29, 0.717) is 5.69 Å². The standard InChI is InChI=1S/C15H17.C9H12N.2ClH.Ti/c1-4-13-7-5-6-8-15(13)14-10-9-11(2)12(14)3;1-6-4-7(2)9(10)8(3)5-6;;;/h4-9H,10H2,1-3H3;4-5,10H,1-3H3;2*1H;/q2*-1;;;+2. The molecule has 0 bridgehead atoms. The SMILES string of the molecule is C[CH-]c1ccccc1C1=C(C)C(C)=CC1.Cc1cc(C)c([NH-])c(C)c1.Cl.Cl.[Ti+2]. The molecule has 0 saturated carbocycles. The molecule has 4 heteroatoms. The minimum Gasteiger partial charge on any atom is -0.698 e. The maximum Gasteiger partial charge on any atom is 2.00 e. The van der Waals surface area contributed by atoms with Crippen LogP contribution in [0.15, 0.2) is 53.6 Å². The van der Waals surface area contributed by atoms with Crippen molar-refractivity contribution in [3.63, 3.8) is 0 Å². The molecule has 0 fully saturated rings. The van der Waals surface area contributed by atoms with Crippen LogP contribution in [0, 0.1) is 27.2 Å². The maximum absolute atomic E-state index is 7.54. The first-order valence-electron chi connectivity index (χ1n) is 8.90. The normalized spacial score (nSPS) is 11.9. The summed E-state index contributed by atoms with van der Waals surface area (Å²) in [6, 6.07) is 12.7. The third kappa shape index (κ3) is 7.05. The van der Waals surface area contributed by atoms with Crippen molar-refractivity contribution in [3.05, 3.63) is 93.6 Å². The number of aryl methyl sites for hydroxylation is 3. The Balaban J connectivity index is 0. The smallest absolute Gasteiger partial charge is 0.698 e. The van der Waals surface area contributed by atoms with Gasteiger partial charge in [-0.2, -0.15) is 18.1 Å². The van der Waals surface area contributed by atoms with E-state index in [2.05, 4.69) is 64.5 Å². The Bertz CT molecular complexity index is 815. The van der Waals surface area contributed by atoms with Gasteiger partial charge in [-0.25, -0.2) is 0 Å². The second-order valence-electron chi connectivity index (χ2n) is 6.84. The van der Waals surface area contributed by atoms with Crippen LogP contribution in [-0.4, -0.2) is 0 Å². The van der Waals surface area contributed by atoms with Gasteiger partial charge in [0.15, 0.2) is 0 Å². The molecule has 0 saturated heterocycles.